The van der Waals surface area contributed by atoms with E-state index in [1.165, 1.54) is 0 Å². The number of carbonyl (C=O) groups excluding carboxylic acids is 1. The van der Waals surface area contributed by atoms with Crippen LogP contribution in [0.5, 0.6) is 5.75 Å². The molecular formula is C8H8FNO3. The number of nitrogens with two attached hydrogens (primary N) is 1. The highest BCUT2D eigenvalue weighted by molar-refractivity contribution is 5.96. The first-order valence-electron chi connectivity index (χ1n) is 3.43. The summed E-state index contributed by atoms with van der Waals surface area (Å²) in [7, 11) is 1.10. The van der Waals surface area contributed by atoms with E-state index in [1.54, 1.807) is 0 Å². The lowest BCUT2D eigenvalue weighted by molar-refractivity contribution is 0.0596. The minimum atomic E-state index is -0.911. The number of nitrogen functional groups attached to an aromatic ring is 1. The van der Waals surface area contributed by atoms with E-state index in [1.807, 2.05) is 0 Å². The lowest BCUT2D eigenvalue weighted by atomic mass is 10.1. The van der Waals surface area contributed by atoms with Crippen molar-refractivity contribution in [1.29, 1.82) is 0 Å². The highest BCUT2D eigenvalue weighted by Crippen LogP contribution is 2.26. The fraction of sp³-hybridized carbons (Fsp3) is 0.125. The number of ether oxygens (including phenoxy) is 1. The first kappa shape index (κ1) is 9.31. The molecule has 0 unspecified atom stereocenters. The first-order chi connectivity index (χ1) is 6.07. The molecule has 0 heterocycles. The van der Waals surface area contributed by atoms with E-state index < -0.39 is 17.3 Å². The quantitative estimate of drug-likeness (QED) is 0.387. The summed E-state index contributed by atoms with van der Waals surface area (Å²) in [5.74, 6) is -2.07. The molecule has 0 aliphatic rings. The number of hydrogen-bond acceptors (Lipinski definition) is 4. The number of esters is 1. The maximum Gasteiger partial charge on any atom is 0.343 e. The van der Waals surface area contributed by atoms with E-state index in [0.717, 1.165) is 19.2 Å². The van der Waals surface area contributed by atoms with E-state index in [0.29, 0.717) is 0 Å². The third-order valence-electron chi connectivity index (χ3n) is 1.56. The van der Waals surface area contributed by atoms with Crippen LogP contribution >= 0.6 is 0 Å². The normalized spacial score (nSPS) is 9.69. The Hall–Kier alpha value is -1.78. The maximum absolute atomic E-state index is 13.0. The topological polar surface area (TPSA) is 72.5 Å². The van der Waals surface area contributed by atoms with Gasteiger partial charge in [-0.25, -0.2) is 9.18 Å². The zero-order valence-corrected chi connectivity index (χ0v) is 6.87. The molecule has 5 heteroatoms. The zero-order chi connectivity index (χ0) is 10.0. The Morgan fingerprint density at radius 2 is 2.23 bits per heavy atom. The van der Waals surface area contributed by atoms with Gasteiger partial charge >= 0.3 is 5.97 Å². The van der Waals surface area contributed by atoms with E-state index >= 15 is 0 Å². The number of phenolic OH excluding ortho intramolecular Hbond substituents is 1. The van der Waals surface area contributed by atoms with Crippen LogP contribution in [0.1, 0.15) is 10.4 Å². The van der Waals surface area contributed by atoms with Crippen molar-refractivity contribution in [3.05, 3.63) is 23.5 Å². The molecule has 4 nitrogen and oxygen atoms in total. The lowest BCUT2D eigenvalue weighted by Crippen LogP contribution is -2.08. The van der Waals surface area contributed by atoms with Gasteiger partial charge in [0.25, 0.3) is 0 Å². The molecule has 0 aliphatic heterocycles. The minimum Gasteiger partial charge on any atom is -0.506 e. The third kappa shape index (κ3) is 1.53. The lowest BCUT2D eigenvalue weighted by Gasteiger charge is -2.05. The SMILES string of the molecule is COC(=O)c1c(F)ccc(O)c1N. The molecule has 0 atom stereocenters. The molecule has 0 saturated heterocycles. The van der Waals surface area contributed by atoms with Crippen molar-refractivity contribution in [3.63, 3.8) is 0 Å². The van der Waals surface area contributed by atoms with Gasteiger partial charge in [-0.2, -0.15) is 0 Å². The fourth-order valence-corrected chi connectivity index (χ4v) is 0.891. The molecule has 70 valence electrons. The summed E-state index contributed by atoms with van der Waals surface area (Å²) < 4.78 is 17.3. The highest BCUT2D eigenvalue weighted by Gasteiger charge is 2.18. The summed E-state index contributed by atoms with van der Waals surface area (Å²) in [6, 6.07) is 2.01. The summed E-state index contributed by atoms with van der Waals surface area (Å²) in [6.07, 6.45) is 0. The second kappa shape index (κ2) is 3.30. The Labute approximate surface area is 73.7 Å². The summed E-state index contributed by atoms with van der Waals surface area (Å²) in [5, 5.41) is 9.07. The van der Waals surface area contributed by atoms with Crippen LogP contribution in [0.15, 0.2) is 12.1 Å². The number of methoxy groups -OCH3 is 1. The molecule has 0 aromatic heterocycles. The predicted molar refractivity (Wildman–Crippen MR) is 43.8 cm³/mol. The van der Waals surface area contributed by atoms with Crippen molar-refractivity contribution in [3.8, 4) is 5.75 Å². The standard InChI is InChI=1S/C8H8FNO3/c1-13-8(12)6-4(9)2-3-5(11)7(6)10/h2-3,11H,10H2,1H3. The third-order valence-corrected chi connectivity index (χ3v) is 1.56. The molecule has 0 amide bonds. The molecule has 0 aliphatic carbocycles. The van der Waals surface area contributed by atoms with E-state index in [2.05, 4.69) is 4.74 Å². The van der Waals surface area contributed by atoms with Gasteiger partial charge in [-0.3, -0.25) is 0 Å². The van der Waals surface area contributed by atoms with Gasteiger partial charge in [-0.05, 0) is 12.1 Å². The molecule has 0 fully saturated rings. The summed E-state index contributed by atoms with van der Waals surface area (Å²) in [5.41, 5.74) is 4.51. The van der Waals surface area contributed by atoms with Gasteiger partial charge in [0.1, 0.15) is 17.1 Å². The second-order valence-electron chi connectivity index (χ2n) is 2.35. The molecule has 0 spiro atoms. The van der Waals surface area contributed by atoms with Gasteiger partial charge in [0, 0.05) is 0 Å². The number of halogens is 1. The second-order valence-corrected chi connectivity index (χ2v) is 2.35. The van der Waals surface area contributed by atoms with Gasteiger partial charge in [0.15, 0.2) is 0 Å². The Kier molecular flexibility index (Phi) is 2.36. The van der Waals surface area contributed by atoms with E-state index in [-0.39, 0.29) is 11.4 Å². The van der Waals surface area contributed by atoms with Crippen molar-refractivity contribution in [2.75, 3.05) is 12.8 Å². The van der Waals surface area contributed by atoms with Crippen LogP contribution in [0, 0.1) is 5.82 Å². The average molecular weight is 185 g/mol. The highest BCUT2D eigenvalue weighted by atomic mass is 19.1. The first-order valence-corrected chi connectivity index (χ1v) is 3.43. The maximum atomic E-state index is 13.0. The van der Waals surface area contributed by atoms with E-state index in [4.69, 9.17) is 10.8 Å². The largest absolute Gasteiger partial charge is 0.506 e. The zero-order valence-electron chi connectivity index (χ0n) is 6.87. The summed E-state index contributed by atoms with van der Waals surface area (Å²) in [6.45, 7) is 0. The van der Waals surface area contributed by atoms with Gasteiger partial charge in [0.2, 0.25) is 0 Å². The minimum absolute atomic E-state index is 0.313. The molecule has 3 N–H and O–H groups in total. The summed E-state index contributed by atoms with van der Waals surface area (Å²) >= 11 is 0. The van der Waals surface area contributed by atoms with Gasteiger partial charge < -0.3 is 15.6 Å². The van der Waals surface area contributed by atoms with Gasteiger partial charge in [-0.15, -0.1) is 0 Å². The molecule has 1 aromatic carbocycles. The van der Waals surface area contributed by atoms with Crippen molar-refractivity contribution < 1.29 is 19.0 Å². The van der Waals surface area contributed by atoms with Crippen LogP contribution in [-0.2, 0) is 4.74 Å². The molecule has 0 radical (unpaired) electrons. The molecular weight excluding hydrogens is 177 g/mol. The van der Waals surface area contributed by atoms with Crippen LogP contribution in [0.4, 0.5) is 10.1 Å². The number of rotatable bonds is 1. The van der Waals surface area contributed by atoms with Crippen molar-refractivity contribution in [2.24, 2.45) is 0 Å². The predicted octanol–water partition coefficient (Wildman–Crippen LogP) is 0.900. The number of hydrogen-bond donors (Lipinski definition) is 2. The Morgan fingerprint density at radius 3 is 2.77 bits per heavy atom. The van der Waals surface area contributed by atoms with Gasteiger partial charge in [0.05, 0.1) is 12.8 Å². The van der Waals surface area contributed by atoms with Crippen molar-refractivity contribution in [2.45, 2.75) is 0 Å². The average Bonchev–Trinajstić information content (AvgIpc) is 2.12. The molecule has 0 bridgehead atoms. The number of anilines is 1. The van der Waals surface area contributed by atoms with Crippen molar-refractivity contribution >= 4 is 11.7 Å². The van der Waals surface area contributed by atoms with Gasteiger partial charge in [-0.1, -0.05) is 0 Å². The van der Waals surface area contributed by atoms with Crippen LogP contribution in [0.2, 0.25) is 0 Å². The van der Waals surface area contributed by atoms with Crippen LogP contribution < -0.4 is 5.73 Å². The Morgan fingerprint density at radius 1 is 1.62 bits per heavy atom. The Bertz CT molecular complexity index is 351. The number of benzene rings is 1. The molecule has 1 aromatic rings. The monoisotopic (exact) mass is 185 g/mol. The smallest absolute Gasteiger partial charge is 0.343 e. The van der Waals surface area contributed by atoms with Crippen LogP contribution in [0.3, 0.4) is 0 Å². The Balaban J connectivity index is 3.33. The number of carbonyl (C=O) groups is 1. The van der Waals surface area contributed by atoms with Crippen LogP contribution in [0.25, 0.3) is 0 Å². The molecule has 0 saturated carbocycles. The number of phenols is 1. The van der Waals surface area contributed by atoms with Crippen molar-refractivity contribution in [1.82, 2.24) is 0 Å². The molecule has 1 rings (SSSR count). The fourth-order valence-electron chi connectivity index (χ4n) is 0.891. The van der Waals surface area contributed by atoms with E-state index in [9.17, 15) is 9.18 Å². The number of aromatic hydroxyl groups is 1. The molecule has 13 heavy (non-hydrogen) atoms. The summed E-state index contributed by atoms with van der Waals surface area (Å²) in [4.78, 5) is 11.0. The van der Waals surface area contributed by atoms with Crippen LogP contribution in [-0.4, -0.2) is 18.2 Å².